The molecule has 2 amide bonds. The van der Waals surface area contributed by atoms with Gasteiger partial charge in [-0.15, -0.1) is 0 Å². The summed E-state index contributed by atoms with van der Waals surface area (Å²) in [7, 11) is 0. The third-order valence-corrected chi connectivity index (χ3v) is 4.38. The smallest absolute Gasteiger partial charge is 0.342 e. The number of rotatable bonds is 5. The second kappa shape index (κ2) is 8.68. The van der Waals surface area contributed by atoms with Crippen LogP contribution >= 0.6 is 11.6 Å². The minimum absolute atomic E-state index is 0.157. The van der Waals surface area contributed by atoms with Crippen molar-refractivity contribution in [2.75, 3.05) is 18.5 Å². The number of hydrogen-bond donors (Lipinski definition) is 1. The molecule has 1 unspecified atom stereocenters. The maximum Gasteiger partial charge on any atom is 0.342 e. The Morgan fingerprint density at radius 2 is 1.89 bits per heavy atom. The van der Waals surface area contributed by atoms with Crippen LogP contribution in [0.4, 0.5) is 10.5 Å². The Balaban J connectivity index is 1.80. The molecule has 1 atom stereocenters. The number of hydrogen-bond acceptors (Lipinski definition) is 4. The zero-order chi connectivity index (χ0) is 19.2. The Morgan fingerprint density at radius 1 is 1.19 bits per heavy atom. The van der Waals surface area contributed by atoms with E-state index in [-0.39, 0.29) is 24.3 Å². The molecular formula is C20H20ClN3O3. The fraction of sp³-hybridized carbons (Fsp3) is 0.250. The summed E-state index contributed by atoms with van der Waals surface area (Å²) in [5, 5.41) is 9.23. The first-order valence-electron chi connectivity index (χ1n) is 8.70. The van der Waals surface area contributed by atoms with Crippen molar-refractivity contribution >= 4 is 35.0 Å². The van der Waals surface area contributed by atoms with E-state index < -0.39 is 0 Å². The number of carbonyl (C=O) groups excluding carboxylic acids is 2. The summed E-state index contributed by atoms with van der Waals surface area (Å²) in [5.74, 6) is -0.554. The lowest BCUT2D eigenvalue weighted by Crippen LogP contribution is -2.31. The molecule has 2 aromatic carbocycles. The Labute approximate surface area is 162 Å². The lowest BCUT2D eigenvalue weighted by atomic mass is 9.94. The number of carbonyl (C=O) groups is 2. The predicted octanol–water partition coefficient (Wildman–Crippen LogP) is 4.16. The number of halogens is 1. The van der Waals surface area contributed by atoms with Gasteiger partial charge in [0, 0.05) is 16.6 Å². The average Bonchev–Trinajstić information content (AvgIpc) is 3.07. The molecule has 1 aliphatic rings. The molecule has 0 saturated carbocycles. The number of hydrazone groups is 1. The SMILES string of the molecule is CCOC(=O)CC1CN(C(=O)Nc2ccccc2)N=C1c1ccc(Cl)cc1. The first kappa shape index (κ1) is 18.9. The van der Waals surface area contributed by atoms with Crippen LogP contribution in [0.1, 0.15) is 18.9 Å². The number of nitrogens with one attached hydrogen (secondary N) is 1. The molecule has 2 aromatic rings. The van der Waals surface area contributed by atoms with Gasteiger partial charge in [0.05, 0.1) is 25.3 Å². The van der Waals surface area contributed by atoms with Crippen molar-refractivity contribution in [3.63, 3.8) is 0 Å². The van der Waals surface area contributed by atoms with Crippen LogP contribution in [0.15, 0.2) is 59.7 Å². The van der Waals surface area contributed by atoms with Crippen LogP contribution in [0.5, 0.6) is 0 Å². The highest BCUT2D eigenvalue weighted by Crippen LogP contribution is 2.25. The Morgan fingerprint density at radius 3 is 2.56 bits per heavy atom. The van der Waals surface area contributed by atoms with Crippen LogP contribution in [0.25, 0.3) is 0 Å². The van der Waals surface area contributed by atoms with Crippen LogP contribution < -0.4 is 5.32 Å². The number of nitrogens with zero attached hydrogens (tertiary/aromatic N) is 2. The Kier molecular flexibility index (Phi) is 6.08. The maximum absolute atomic E-state index is 12.6. The van der Waals surface area contributed by atoms with Gasteiger partial charge in [0.2, 0.25) is 0 Å². The van der Waals surface area contributed by atoms with Gasteiger partial charge in [-0.3, -0.25) is 4.79 Å². The molecule has 0 spiro atoms. The van der Waals surface area contributed by atoms with Crippen molar-refractivity contribution in [2.24, 2.45) is 11.0 Å². The van der Waals surface area contributed by atoms with E-state index >= 15 is 0 Å². The van der Waals surface area contributed by atoms with E-state index in [0.29, 0.717) is 29.6 Å². The molecular weight excluding hydrogens is 366 g/mol. The molecule has 7 heteroatoms. The van der Waals surface area contributed by atoms with Crippen LogP contribution in [-0.4, -0.2) is 35.9 Å². The van der Waals surface area contributed by atoms with Crippen molar-refractivity contribution in [3.8, 4) is 0 Å². The van der Waals surface area contributed by atoms with Gasteiger partial charge in [0.15, 0.2) is 0 Å². The highest BCUT2D eigenvalue weighted by Gasteiger charge is 2.33. The van der Waals surface area contributed by atoms with Gasteiger partial charge in [0.25, 0.3) is 0 Å². The van der Waals surface area contributed by atoms with E-state index in [1.165, 1.54) is 5.01 Å². The number of amides is 2. The summed E-state index contributed by atoms with van der Waals surface area (Å²) in [6, 6.07) is 16.0. The molecule has 140 valence electrons. The molecule has 1 heterocycles. The fourth-order valence-corrected chi connectivity index (χ4v) is 3.01. The van der Waals surface area contributed by atoms with Crippen molar-refractivity contribution in [3.05, 3.63) is 65.2 Å². The van der Waals surface area contributed by atoms with Gasteiger partial charge in [-0.2, -0.15) is 5.10 Å². The van der Waals surface area contributed by atoms with Crippen molar-refractivity contribution in [1.29, 1.82) is 0 Å². The largest absolute Gasteiger partial charge is 0.466 e. The van der Waals surface area contributed by atoms with Crippen LogP contribution in [0, 0.1) is 5.92 Å². The lowest BCUT2D eigenvalue weighted by Gasteiger charge is -2.15. The molecule has 27 heavy (non-hydrogen) atoms. The van der Waals surface area contributed by atoms with Gasteiger partial charge in [0.1, 0.15) is 0 Å². The van der Waals surface area contributed by atoms with E-state index in [1.807, 2.05) is 30.3 Å². The molecule has 1 N–H and O–H groups in total. The quantitative estimate of drug-likeness (QED) is 0.785. The Bertz CT molecular complexity index is 837. The van der Waals surface area contributed by atoms with Gasteiger partial charge in [-0.1, -0.05) is 41.9 Å². The first-order chi connectivity index (χ1) is 13.1. The number of benzene rings is 2. The summed E-state index contributed by atoms with van der Waals surface area (Å²) >= 11 is 5.96. The fourth-order valence-electron chi connectivity index (χ4n) is 2.88. The van der Waals surface area contributed by atoms with Crippen LogP contribution in [0.2, 0.25) is 5.02 Å². The summed E-state index contributed by atoms with van der Waals surface area (Å²) in [4.78, 5) is 24.6. The number of urea groups is 1. The normalized spacial score (nSPS) is 16.0. The number of esters is 1. The molecule has 0 saturated heterocycles. The van der Waals surface area contributed by atoms with Crippen molar-refractivity contribution in [1.82, 2.24) is 5.01 Å². The van der Waals surface area contributed by atoms with Crippen molar-refractivity contribution in [2.45, 2.75) is 13.3 Å². The lowest BCUT2D eigenvalue weighted by molar-refractivity contribution is -0.143. The van der Waals surface area contributed by atoms with Crippen LogP contribution in [0.3, 0.4) is 0 Å². The number of ether oxygens (including phenoxy) is 1. The standard InChI is InChI=1S/C20H20ClN3O3/c1-2-27-18(25)12-15-13-24(20(26)22-17-6-4-3-5-7-17)23-19(15)14-8-10-16(21)11-9-14/h3-11,15H,2,12-13H2,1H3,(H,22,26). The van der Waals surface area contributed by atoms with E-state index in [0.717, 1.165) is 5.56 Å². The van der Waals surface area contributed by atoms with Gasteiger partial charge in [-0.05, 0) is 36.8 Å². The summed E-state index contributed by atoms with van der Waals surface area (Å²) in [6.07, 6.45) is 0.157. The second-order valence-corrected chi connectivity index (χ2v) is 6.51. The Hall–Kier alpha value is -2.86. The molecule has 3 rings (SSSR count). The van der Waals surface area contributed by atoms with Gasteiger partial charge >= 0.3 is 12.0 Å². The van der Waals surface area contributed by atoms with E-state index in [4.69, 9.17) is 16.3 Å². The van der Waals surface area contributed by atoms with Crippen LogP contribution in [-0.2, 0) is 9.53 Å². The van der Waals surface area contributed by atoms with Gasteiger partial charge in [-0.25, -0.2) is 9.80 Å². The zero-order valence-corrected chi connectivity index (χ0v) is 15.6. The highest BCUT2D eigenvalue weighted by atomic mass is 35.5. The van der Waals surface area contributed by atoms with Crippen molar-refractivity contribution < 1.29 is 14.3 Å². The van der Waals surface area contributed by atoms with E-state index in [9.17, 15) is 9.59 Å². The highest BCUT2D eigenvalue weighted by molar-refractivity contribution is 6.30. The minimum atomic E-state index is -0.348. The molecule has 0 aromatic heterocycles. The third kappa shape index (κ3) is 4.86. The number of anilines is 1. The molecule has 1 aliphatic heterocycles. The van der Waals surface area contributed by atoms with Gasteiger partial charge < -0.3 is 10.1 Å². The average molecular weight is 386 g/mol. The number of para-hydroxylation sites is 1. The van der Waals surface area contributed by atoms with E-state index in [1.54, 1.807) is 31.2 Å². The minimum Gasteiger partial charge on any atom is -0.466 e. The second-order valence-electron chi connectivity index (χ2n) is 6.08. The molecule has 6 nitrogen and oxygen atoms in total. The predicted molar refractivity (Wildman–Crippen MR) is 105 cm³/mol. The molecule has 0 radical (unpaired) electrons. The molecule has 0 fully saturated rings. The summed E-state index contributed by atoms with van der Waals surface area (Å²) in [6.45, 7) is 2.38. The van der Waals surface area contributed by atoms with E-state index in [2.05, 4.69) is 10.4 Å². The first-order valence-corrected chi connectivity index (χ1v) is 9.08. The topological polar surface area (TPSA) is 71.0 Å². The summed E-state index contributed by atoms with van der Waals surface area (Å²) in [5.41, 5.74) is 2.17. The zero-order valence-electron chi connectivity index (χ0n) is 14.9. The monoisotopic (exact) mass is 385 g/mol. The maximum atomic E-state index is 12.6. The molecule has 0 aliphatic carbocycles. The molecule has 0 bridgehead atoms. The third-order valence-electron chi connectivity index (χ3n) is 4.13. The summed E-state index contributed by atoms with van der Waals surface area (Å²) < 4.78 is 5.06.